The summed E-state index contributed by atoms with van der Waals surface area (Å²) >= 11 is 0. The molecule has 0 bridgehead atoms. The molecule has 112 valence electrons. The second kappa shape index (κ2) is 9.37. The summed E-state index contributed by atoms with van der Waals surface area (Å²) in [6.45, 7) is 4.96. The first-order valence-corrected chi connectivity index (χ1v) is 7.25. The lowest BCUT2D eigenvalue weighted by Gasteiger charge is -2.09. The summed E-state index contributed by atoms with van der Waals surface area (Å²) in [7, 11) is 0. The van der Waals surface area contributed by atoms with Crippen molar-refractivity contribution >= 4 is 5.91 Å². The van der Waals surface area contributed by atoms with Crippen LogP contribution in [0.25, 0.3) is 0 Å². The highest BCUT2D eigenvalue weighted by atomic mass is 16.5. The van der Waals surface area contributed by atoms with Gasteiger partial charge in [0.2, 0.25) is 0 Å². The normalized spacial score (nSPS) is 11.9. The van der Waals surface area contributed by atoms with Gasteiger partial charge < -0.3 is 15.2 Å². The van der Waals surface area contributed by atoms with Crippen molar-refractivity contribution in [3.05, 3.63) is 29.8 Å². The van der Waals surface area contributed by atoms with E-state index in [1.54, 1.807) is 0 Å². The number of hydrogen-bond donors (Lipinski definition) is 2. The Kier molecular flexibility index (Phi) is 7.73. The molecule has 0 radical (unpaired) electrons. The summed E-state index contributed by atoms with van der Waals surface area (Å²) in [4.78, 5) is 11.6. The fourth-order valence-corrected chi connectivity index (χ4v) is 1.79. The van der Waals surface area contributed by atoms with Crippen LogP contribution < -0.4 is 10.1 Å². The molecule has 4 heteroatoms. The molecule has 0 fully saturated rings. The molecule has 0 spiro atoms. The molecule has 1 unspecified atom stereocenters. The predicted octanol–water partition coefficient (Wildman–Crippen LogP) is 2.15. The van der Waals surface area contributed by atoms with E-state index in [4.69, 9.17) is 9.84 Å². The number of rotatable bonds is 9. The highest BCUT2D eigenvalue weighted by molar-refractivity contribution is 5.77. The molecule has 0 aromatic heterocycles. The van der Waals surface area contributed by atoms with Gasteiger partial charge in [0.05, 0.1) is 0 Å². The Morgan fingerprint density at radius 3 is 2.65 bits per heavy atom. The molecule has 0 heterocycles. The highest BCUT2D eigenvalue weighted by Crippen LogP contribution is 2.12. The number of carbonyl (C=O) groups excluding carboxylic acids is 1. The fourth-order valence-electron chi connectivity index (χ4n) is 1.79. The molecule has 1 aromatic carbocycles. The van der Waals surface area contributed by atoms with Crippen LogP contribution in [0.3, 0.4) is 0 Å². The number of benzene rings is 1. The largest absolute Gasteiger partial charge is 0.484 e. The van der Waals surface area contributed by atoms with E-state index in [0.29, 0.717) is 18.2 Å². The third kappa shape index (κ3) is 6.57. The third-order valence-electron chi connectivity index (χ3n) is 3.21. The number of amides is 1. The van der Waals surface area contributed by atoms with E-state index in [1.807, 2.05) is 31.2 Å². The summed E-state index contributed by atoms with van der Waals surface area (Å²) in [6.07, 6.45) is 2.78. The van der Waals surface area contributed by atoms with Crippen molar-refractivity contribution in [3.63, 3.8) is 0 Å². The maximum absolute atomic E-state index is 11.6. The number of hydrogen-bond acceptors (Lipinski definition) is 3. The zero-order chi connectivity index (χ0) is 14.8. The van der Waals surface area contributed by atoms with Crippen molar-refractivity contribution in [2.24, 2.45) is 5.92 Å². The molecular weight excluding hydrogens is 254 g/mol. The van der Waals surface area contributed by atoms with Gasteiger partial charge in [0.15, 0.2) is 6.61 Å². The van der Waals surface area contributed by atoms with Gasteiger partial charge in [-0.25, -0.2) is 0 Å². The van der Waals surface area contributed by atoms with Crippen LogP contribution in [0.4, 0.5) is 0 Å². The van der Waals surface area contributed by atoms with E-state index >= 15 is 0 Å². The molecule has 0 aliphatic heterocycles. The number of aliphatic hydroxyl groups is 1. The van der Waals surface area contributed by atoms with Crippen molar-refractivity contribution in [1.82, 2.24) is 5.32 Å². The lowest BCUT2D eigenvalue weighted by atomic mass is 10.1. The summed E-state index contributed by atoms with van der Waals surface area (Å²) in [5, 5.41) is 11.7. The molecular formula is C16H25NO3. The topological polar surface area (TPSA) is 58.6 Å². The van der Waals surface area contributed by atoms with Crippen LogP contribution in [0, 0.1) is 5.92 Å². The Hall–Kier alpha value is -1.55. The van der Waals surface area contributed by atoms with Crippen molar-refractivity contribution < 1.29 is 14.6 Å². The van der Waals surface area contributed by atoms with Crippen molar-refractivity contribution in [3.8, 4) is 5.75 Å². The van der Waals surface area contributed by atoms with Gasteiger partial charge in [0.1, 0.15) is 5.75 Å². The van der Waals surface area contributed by atoms with Gasteiger partial charge in [-0.05, 0) is 42.9 Å². The number of ether oxygens (including phenoxy) is 1. The smallest absolute Gasteiger partial charge is 0.257 e. The van der Waals surface area contributed by atoms with Gasteiger partial charge in [-0.2, -0.15) is 0 Å². The van der Waals surface area contributed by atoms with Gasteiger partial charge in [-0.15, -0.1) is 0 Å². The van der Waals surface area contributed by atoms with E-state index in [2.05, 4.69) is 12.2 Å². The van der Waals surface area contributed by atoms with Gasteiger partial charge in [0.25, 0.3) is 5.91 Å². The molecule has 1 atom stereocenters. The molecule has 0 saturated heterocycles. The van der Waals surface area contributed by atoms with Crippen molar-refractivity contribution in [1.29, 1.82) is 0 Å². The number of aliphatic hydroxyl groups excluding tert-OH is 1. The predicted molar refractivity (Wildman–Crippen MR) is 79.8 cm³/mol. The quantitative estimate of drug-likeness (QED) is 0.681. The summed E-state index contributed by atoms with van der Waals surface area (Å²) in [5.74, 6) is 0.896. The average Bonchev–Trinajstić information content (AvgIpc) is 2.49. The van der Waals surface area contributed by atoms with E-state index in [1.165, 1.54) is 5.56 Å². The molecule has 0 saturated carbocycles. The van der Waals surface area contributed by atoms with Crippen LogP contribution in [0.1, 0.15) is 32.3 Å². The molecule has 1 rings (SSSR count). The summed E-state index contributed by atoms with van der Waals surface area (Å²) in [5.41, 5.74) is 1.25. The van der Waals surface area contributed by atoms with Crippen LogP contribution in [-0.4, -0.2) is 30.8 Å². The fraction of sp³-hybridized carbons (Fsp3) is 0.562. The summed E-state index contributed by atoms with van der Waals surface area (Å²) in [6, 6.07) is 7.77. The van der Waals surface area contributed by atoms with E-state index in [-0.39, 0.29) is 19.1 Å². The second-order valence-corrected chi connectivity index (χ2v) is 5.07. The minimum atomic E-state index is -0.110. The van der Waals surface area contributed by atoms with Crippen molar-refractivity contribution in [2.45, 2.75) is 33.1 Å². The number of nitrogens with one attached hydrogen (secondary N) is 1. The molecule has 0 aliphatic rings. The summed E-state index contributed by atoms with van der Waals surface area (Å²) < 4.78 is 5.41. The van der Waals surface area contributed by atoms with Gasteiger partial charge in [-0.1, -0.05) is 26.0 Å². The van der Waals surface area contributed by atoms with Crippen LogP contribution >= 0.6 is 0 Å². The SMILES string of the molecule is CCc1ccc(OCC(=O)NCCCC(C)CO)cc1. The van der Waals surface area contributed by atoms with E-state index < -0.39 is 0 Å². The van der Waals surface area contributed by atoms with Crippen LogP contribution in [-0.2, 0) is 11.2 Å². The van der Waals surface area contributed by atoms with Gasteiger partial charge >= 0.3 is 0 Å². The molecule has 1 amide bonds. The monoisotopic (exact) mass is 279 g/mol. The highest BCUT2D eigenvalue weighted by Gasteiger charge is 2.03. The maximum atomic E-state index is 11.6. The lowest BCUT2D eigenvalue weighted by Crippen LogP contribution is -2.29. The molecule has 2 N–H and O–H groups in total. The molecule has 4 nitrogen and oxygen atoms in total. The standard InChI is InChI=1S/C16H25NO3/c1-3-14-6-8-15(9-7-14)20-12-16(19)17-10-4-5-13(2)11-18/h6-9,13,18H,3-5,10-12H2,1-2H3,(H,17,19). The minimum absolute atomic E-state index is 0.0427. The zero-order valence-electron chi connectivity index (χ0n) is 12.4. The molecule has 20 heavy (non-hydrogen) atoms. The first-order valence-electron chi connectivity index (χ1n) is 7.25. The number of aryl methyl sites for hydroxylation is 1. The zero-order valence-corrected chi connectivity index (χ0v) is 12.4. The Labute approximate surface area is 121 Å². The Morgan fingerprint density at radius 1 is 1.35 bits per heavy atom. The third-order valence-corrected chi connectivity index (χ3v) is 3.21. The average molecular weight is 279 g/mol. The van der Waals surface area contributed by atoms with Crippen LogP contribution in [0.2, 0.25) is 0 Å². The van der Waals surface area contributed by atoms with Crippen LogP contribution in [0.5, 0.6) is 5.75 Å². The Morgan fingerprint density at radius 2 is 2.05 bits per heavy atom. The number of carbonyl (C=O) groups is 1. The molecule has 0 aliphatic carbocycles. The first-order chi connectivity index (χ1) is 9.65. The minimum Gasteiger partial charge on any atom is -0.484 e. The van der Waals surface area contributed by atoms with Gasteiger partial charge in [0, 0.05) is 13.2 Å². The Bertz CT molecular complexity index is 389. The van der Waals surface area contributed by atoms with Crippen molar-refractivity contribution in [2.75, 3.05) is 19.8 Å². The lowest BCUT2D eigenvalue weighted by molar-refractivity contribution is -0.123. The van der Waals surface area contributed by atoms with E-state index in [9.17, 15) is 4.79 Å². The second-order valence-electron chi connectivity index (χ2n) is 5.07. The first kappa shape index (κ1) is 16.5. The molecule has 1 aromatic rings. The van der Waals surface area contributed by atoms with E-state index in [0.717, 1.165) is 19.3 Å². The van der Waals surface area contributed by atoms with Crippen LogP contribution in [0.15, 0.2) is 24.3 Å². The van der Waals surface area contributed by atoms with Gasteiger partial charge in [-0.3, -0.25) is 4.79 Å². The Balaban J connectivity index is 2.16. The maximum Gasteiger partial charge on any atom is 0.257 e.